The maximum Gasteiger partial charge on any atom is 0.345 e. The quantitative estimate of drug-likeness (QED) is 0.728. The van der Waals surface area contributed by atoms with Crippen LogP contribution >= 0.6 is 43.2 Å². The van der Waals surface area contributed by atoms with Gasteiger partial charge >= 0.3 is 5.97 Å². The van der Waals surface area contributed by atoms with E-state index in [1.165, 1.54) is 0 Å². The number of aryl methyl sites for hydroxylation is 1. The Labute approximate surface area is 142 Å². The molecule has 0 amide bonds. The van der Waals surface area contributed by atoms with E-state index in [4.69, 9.17) is 5.11 Å². The first-order valence-electron chi connectivity index (χ1n) is 5.52. The van der Waals surface area contributed by atoms with Crippen LogP contribution in [0.1, 0.15) is 15.2 Å². The number of nitrogens with one attached hydrogen (secondary N) is 1. The number of hydrogen-bond donors (Lipinski definition) is 2. The highest BCUT2D eigenvalue weighted by Gasteiger charge is 2.23. The average molecular weight is 455 g/mol. The van der Waals surface area contributed by atoms with Crippen LogP contribution in [0, 0.1) is 6.92 Å². The zero-order valence-electron chi connectivity index (χ0n) is 10.6. The summed E-state index contributed by atoms with van der Waals surface area (Å²) in [5.41, 5.74) is 1.19. The first-order chi connectivity index (χ1) is 9.70. The summed E-state index contributed by atoms with van der Waals surface area (Å²) in [4.78, 5) is 10.8. The zero-order valence-corrected chi connectivity index (χ0v) is 15.4. The smallest absolute Gasteiger partial charge is 0.345 e. The molecule has 1 aromatic heterocycles. The molecule has 1 aromatic carbocycles. The van der Waals surface area contributed by atoms with Crippen molar-refractivity contribution in [1.82, 2.24) is 0 Å². The normalized spacial score (nSPS) is 11.4. The molecule has 0 spiro atoms. The van der Waals surface area contributed by atoms with Gasteiger partial charge in [-0.3, -0.25) is 4.72 Å². The minimum Gasteiger partial charge on any atom is -0.477 e. The zero-order chi connectivity index (χ0) is 15.8. The van der Waals surface area contributed by atoms with Crippen molar-refractivity contribution in [3.05, 3.63) is 43.0 Å². The molecule has 0 saturated heterocycles. The summed E-state index contributed by atoms with van der Waals surface area (Å²) < 4.78 is 28.3. The number of thiophene rings is 1. The van der Waals surface area contributed by atoms with Crippen LogP contribution in [-0.4, -0.2) is 19.5 Å². The molecule has 9 heteroatoms. The number of anilines is 1. The minimum atomic E-state index is -3.86. The van der Waals surface area contributed by atoms with E-state index in [1.807, 2.05) is 0 Å². The predicted molar refractivity (Wildman–Crippen MR) is 88.7 cm³/mol. The highest BCUT2D eigenvalue weighted by molar-refractivity contribution is 9.11. The first-order valence-corrected chi connectivity index (χ1v) is 9.41. The van der Waals surface area contributed by atoms with Crippen LogP contribution in [0.3, 0.4) is 0 Å². The second kappa shape index (κ2) is 6.07. The van der Waals surface area contributed by atoms with Gasteiger partial charge in [0.1, 0.15) is 9.77 Å². The third-order valence-corrected chi connectivity index (χ3v) is 6.69. The number of halogens is 2. The Kier molecular flexibility index (Phi) is 4.76. The fourth-order valence-electron chi connectivity index (χ4n) is 1.58. The standard InChI is InChI=1S/C12H9Br2NO4S2/c1-6-4-7(13)2-3-8(6)15-21(18,19)10-5-9(12(16)17)20-11(10)14/h2-5,15H,1H3,(H,16,17). The fraction of sp³-hybridized carbons (Fsp3) is 0.0833. The van der Waals surface area contributed by atoms with Gasteiger partial charge in [0.2, 0.25) is 0 Å². The molecule has 0 saturated carbocycles. The molecule has 1 heterocycles. The minimum absolute atomic E-state index is 0.0465. The van der Waals surface area contributed by atoms with E-state index >= 15 is 0 Å². The summed E-state index contributed by atoms with van der Waals surface area (Å²) in [7, 11) is -3.86. The van der Waals surface area contributed by atoms with Crippen molar-refractivity contribution in [1.29, 1.82) is 0 Å². The number of carboxylic acids is 1. The van der Waals surface area contributed by atoms with Crippen molar-refractivity contribution in [2.45, 2.75) is 11.8 Å². The maximum absolute atomic E-state index is 12.4. The van der Waals surface area contributed by atoms with Crippen LogP contribution in [0.2, 0.25) is 0 Å². The van der Waals surface area contributed by atoms with Crippen molar-refractivity contribution in [2.75, 3.05) is 4.72 Å². The fourth-order valence-corrected chi connectivity index (χ4v) is 5.59. The summed E-state index contributed by atoms with van der Waals surface area (Å²) in [5, 5.41) is 8.92. The van der Waals surface area contributed by atoms with Gasteiger partial charge in [-0.15, -0.1) is 11.3 Å². The molecule has 0 fully saturated rings. The van der Waals surface area contributed by atoms with Crippen LogP contribution in [0.25, 0.3) is 0 Å². The van der Waals surface area contributed by atoms with Gasteiger partial charge in [0, 0.05) is 4.47 Å². The van der Waals surface area contributed by atoms with Gasteiger partial charge in [0.25, 0.3) is 10.0 Å². The lowest BCUT2D eigenvalue weighted by Crippen LogP contribution is -2.13. The molecule has 5 nitrogen and oxygen atoms in total. The molecule has 112 valence electrons. The van der Waals surface area contributed by atoms with E-state index < -0.39 is 16.0 Å². The molecule has 2 N–H and O–H groups in total. The molecule has 0 aliphatic heterocycles. The van der Waals surface area contributed by atoms with Crippen molar-refractivity contribution >= 4 is 64.9 Å². The van der Waals surface area contributed by atoms with Crippen LogP contribution in [0.4, 0.5) is 5.69 Å². The SMILES string of the molecule is Cc1cc(Br)ccc1NS(=O)(=O)c1cc(C(=O)O)sc1Br. The monoisotopic (exact) mass is 453 g/mol. The molecular formula is C12H9Br2NO4S2. The average Bonchev–Trinajstić information content (AvgIpc) is 2.76. The van der Waals surface area contributed by atoms with E-state index in [2.05, 4.69) is 36.6 Å². The molecule has 0 bridgehead atoms. The summed E-state index contributed by atoms with van der Waals surface area (Å²) in [5.74, 6) is -1.16. The highest BCUT2D eigenvalue weighted by Crippen LogP contribution is 2.33. The Bertz CT molecular complexity index is 815. The number of hydrogen-bond acceptors (Lipinski definition) is 4. The summed E-state index contributed by atoms with van der Waals surface area (Å²) >= 11 is 7.25. The summed E-state index contributed by atoms with van der Waals surface area (Å²) in [6, 6.07) is 6.27. The van der Waals surface area contributed by atoms with E-state index in [9.17, 15) is 13.2 Å². The molecule has 21 heavy (non-hydrogen) atoms. The molecule has 0 atom stereocenters. The van der Waals surface area contributed by atoms with Crippen molar-refractivity contribution in [3.63, 3.8) is 0 Å². The molecule has 0 radical (unpaired) electrons. The third kappa shape index (κ3) is 3.65. The number of sulfonamides is 1. The van der Waals surface area contributed by atoms with Gasteiger partial charge < -0.3 is 5.11 Å². The lowest BCUT2D eigenvalue weighted by molar-refractivity contribution is 0.0702. The molecular weight excluding hydrogens is 446 g/mol. The van der Waals surface area contributed by atoms with E-state index in [1.54, 1.807) is 25.1 Å². The van der Waals surface area contributed by atoms with Crippen LogP contribution in [0.15, 0.2) is 37.4 Å². The second-order valence-electron chi connectivity index (χ2n) is 4.12. The lowest BCUT2D eigenvalue weighted by atomic mass is 10.2. The molecule has 2 aromatic rings. The molecule has 0 aliphatic rings. The second-order valence-corrected chi connectivity index (χ2v) is 9.06. The number of aromatic carboxylic acids is 1. The maximum atomic E-state index is 12.4. The molecule has 0 unspecified atom stereocenters. The summed E-state index contributed by atoms with van der Waals surface area (Å²) in [6.45, 7) is 1.77. The number of carbonyl (C=O) groups is 1. The van der Waals surface area contributed by atoms with Gasteiger partial charge in [-0.1, -0.05) is 15.9 Å². The highest BCUT2D eigenvalue weighted by atomic mass is 79.9. The predicted octanol–water partition coefficient (Wildman–Crippen LogP) is 4.08. The summed E-state index contributed by atoms with van der Waals surface area (Å²) in [6.07, 6.45) is 0. The van der Waals surface area contributed by atoms with Gasteiger partial charge in [-0.05, 0) is 52.7 Å². The van der Waals surface area contributed by atoms with Crippen molar-refractivity contribution < 1.29 is 18.3 Å². The number of rotatable bonds is 4. The van der Waals surface area contributed by atoms with Gasteiger partial charge in [-0.25, -0.2) is 13.2 Å². The largest absolute Gasteiger partial charge is 0.477 e. The van der Waals surface area contributed by atoms with Crippen molar-refractivity contribution in [3.8, 4) is 0 Å². The van der Waals surface area contributed by atoms with E-state index in [0.717, 1.165) is 27.4 Å². The number of carboxylic acid groups (broad SMARTS) is 1. The third-order valence-electron chi connectivity index (χ3n) is 2.59. The van der Waals surface area contributed by atoms with Crippen LogP contribution in [-0.2, 0) is 10.0 Å². The van der Waals surface area contributed by atoms with Crippen molar-refractivity contribution in [2.24, 2.45) is 0 Å². The Balaban J connectivity index is 2.41. The first kappa shape index (κ1) is 16.5. The lowest BCUT2D eigenvalue weighted by Gasteiger charge is -2.10. The Morgan fingerprint density at radius 1 is 1.29 bits per heavy atom. The van der Waals surface area contributed by atoms with Crippen LogP contribution in [0.5, 0.6) is 0 Å². The Morgan fingerprint density at radius 2 is 1.95 bits per heavy atom. The van der Waals surface area contributed by atoms with Crippen LogP contribution < -0.4 is 4.72 Å². The van der Waals surface area contributed by atoms with Gasteiger partial charge in [-0.2, -0.15) is 0 Å². The van der Waals surface area contributed by atoms with Gasteiger partial charge in [0.15, 0.2) is 0 Å². The molecule has 0 aliphatic carbocycles. The molecule has 2 rings (SSSR count). The Hall–Kier alpha value is -0.900. The van der Waals surface area contributed by atoms with E-state index in [-0.39, 0.29) is 13.6 Å². The topological polar surface area (TPSA) is 83.5 Å². The van der Waals surface area contributed by atoms with E-state index in [0.29, 0.717) is 5.69 Å². The van der Waals surface area contributed by atoms with Gasteiger partial charge in [0.05, 0.1) is 9.47 Å². The number of benzene rings is 1. The Morgan fingerprint density at radius 3 is 2.48 bits per heavy atom.